The molecule has 8 heteroatoms. The van der Waals surface area contributed by atoms with E-state index >= 15 is 0 Å². The minimum Gasteiger partial charge on any atom is -0.478 e. The van der Waals surface area contributed by atoms with E-state index in [4.69, 9.17) is 5.11 Å². The Hall–Kier alpha value is -3.16. The minimum atomic E-state index is -4.39. The summed E-state index contributed by atoms with van der Waals surface area (Å²) in [6.45, 7) is 0.204. The Morgan fingerprint density at radius 1 is 1.12 bits per heavy atom. The number of carboxylic acids is 1. The van der Waals surface area contributed by atoms with Crippen molar-refractivity contribution >= 4 is 5.97 Å². The van der Waals surface area contributed by atoms with Crippen molar-refractivity contribution in [2.24, 2.45) is 0 Å². The fraction of sp³-hybridized carbons (Fsp3) is 0.118. The van der Waals surface area contributed by atoms with Crippen LogP contribution in [0.15, 0.2) is 55.1 Å². The third-order valence-electron chi connectivity index (χ3n) is 3.52. The summed E-state index contributed by atoms with van der Waals surface area (Å²) in [5.41, 5.74) is 0.669. The Labute approximate surface area is 140 Å². The normalized spacial score (nSPS) is 11.5. The predicted molar refractivity (Wildman–Crippen MR) is 83.0 cm³/mol. The Morgan fingerprint density at radius 3 is 2.64 bits per heavy atom. The number of alkyl halides is 3. The van der Waals surface area contributed by atoms with Gasteiger partial charge in [-0.05, 0) is 29.8 Å². The molecule has 3 rings (SSSR count). The maximum Gasteiger partial charge on any atom is 0.416 e. The summed E-state index contributed by atoms with van der Waals surface area (Å²) in [5.74, 6) is -1.08. The standard InChI is InChI=1S/C17H12F3N3O2/c18-17(19,20)13-3-1-2-11(6-13)8-23-9-15(22-10-23)14-7-12(16(24)25)4-5-21-14/h1-7,9-10H,8H2,(H,24,25). The number of rotatable bonds is 4. The third kappa shape index (κ3) is 3.85. The highest BCUT2D eigenvalue weighted by atomic mass is 19.4. The minimum absolute atomic E-state index is 0.0810. The first kappa shape index (κ1) is 16.7. The van der Waals surface area contributed by atoms with E-state index in [0.717, 1.165) is 12.1 Å². The van der Waals surface area contributed by atoms with E-state index in [-0.39, 0.29) is 12.1 Å². The van der Waals surface area contributed by atoms with Crippen molar-refractivity contribution in [1.82, 2.24) is 14.5 Å². The van der Waals surface area contributed by atoms with E-state index in [1.54, 1.807) is 16.8 Å². The van der Waals surface area contributed by atoms with Gasteiger partial charge in [-0.15, -0.1) is 0 Å². The lowest BCUT2D eigenvalue weighted by Gasteiger charge is -2.09. The largest absolute Gasteiger partial charge is 0.478 e. The fourth-order valence-corrected chi connectivity index (χ4v) is 2.34. The van der Waals surface area contributed by atoms with Crippen molar-refractivity contribution in [2.45, 2.75) is 12.7 Å². The second-order valence-electron chi connectivity index (χ2n) is 5.36. The average Bonchev–Trinajstić information content (AvgIpc) is 3.03. The lowest BCUT2D eigenvalue weighted by molar-refractivity contribution is -0.137. The van der Waals surface area contributed by atoms with Crippen molar-refractivity contribution in [3.63, 3.8) is 0 Å². The number of carboxylic acid groups (broad SMARTS) is 1. The Kier molecular flexibility index (Phi) is 4.26. The molecule has 0 saturated heterocycles. The molecule has 0 bridgehead atoms. The molecule has 1 N–H and O–H groups in total. The van der Waals surface area contributed by atoms with E-state index in [0.29, 0.717) is 17.0 Å². The van der Waals surface area contributed by atoms with Gasteiger partial charge in [0.2, 0.25) is 0 Å². The van der Waals surface area contributed by atoms with Gasteiger partial charge in [0.05, 0.1) is 23.1 Å². The number of hydrogen-bond acceptors (Lipinski definition) is 3. The first-order valence-corrected chi connectivity index (χ1v) is 7.20. The maximum absolute atomic E-state index is 12.8. The lowest BCUT2D eigenvalue weighted by Crippen LogP contribution is -2.06. The van der Waals surface area contributed by atoms with Gasteiger partial charge in [0.1, 0.15) is 5.69 Å². The molecule has 25 heavy (non-hydrogen) atoms. The lowest BCUT2D eigenvalue weighted by atomic mass is 10.1. The van der Waals surface area contributed by atoms with Crippen molar-refractivity contribution in [1.29, 1.82) is 0 Å². The zero-order valence-corrected chi connectivity index (χ0v) is 12.7. The summed E-state index contributed by atoms with van der Waals surface area (Å²) in [7, 11) is 0. The molecule has 0 saturated carbocycles. The van der Waals surface area contributed by atoms with Gasteiger partial charge in [-0.1, -0.05) is 12.1 Å². The van der Waals surface area contributed by atoms with Crippen LogP contribution in [0.25, 0.3) is 11.4 Å². The molecule has 3 aromatic rings. The van der Waals surface area contributed by atoms with Gasteiger partial charge >= 0.3 is 12.1 Å². The quantitative estimate of drug-likeness (QED) is 0.781. The van der Waals surface area contributed by atoms with Crippen LogP contribution < -0.4 is 0 Å². The van der Waals surface area contributed by atoms with Crippen molar-refractivity contribution in [3.05, 3.63) is 71.8 Å². The number of carbonyl (C=O) groups is 1. The summed E-state index contributed by atoms with van der Waals surface area (Å²) < 4.78 is 39.9. The van der Waals surface area contributed by atoms with E-state index in [2.05, 4.69) is 9.97 Å². The predicted octanol–water partition coefficient (Wildman–Crippen LogP) is 3.71. The zero-order chi connectivity index (χ0) is 18.0. The summed E-state index contributed by atoms with van der Waals surface area (Å²) in [6, 6.07) is 7.81. The first-order valence-electron chi connectivity index (χ1n) is 7.20. The molecule has 0 aliphatic carbocycles. The number of aromatic nitrogens is 3. The summed E-state index contributed by atoms with van der Waals surface area (Å²) in [4.78, 5) is 19.2. The maximum atomic E-state index is 12.8. The molecule has 0 aliphatic rings. The van der Waals surface area contributed by atoms with Crippen molar-refractivity contribution in [2.75, 3.05) is 0 Å². The highest BCUT2D eigenvalue weighted by molar-refractivity contribution is 5.88. The number of imidazole rings is 1. The van der Waals surface area contributed by atoms with Crippen molar-refractivity contribution < 1.29 is 23.1 Å². The number of halogens is 3. The van der Waals surface area contributed by atoms with Gasteiger partial charge < -0.3 is 9.67 Å². The summed E-state index contributed by atoms with van der Waals surface area (Å²) in [6.07, 6.45) is 0.0425. The van der Waals surface area contributed by atoms with Crippen LogP contribution in [-0.4, -0.2) is 25.6 Å². The average molecular weight is 347 g/mol. The van der Waals surface area contributed by atoms with Crippen LogP contribution in [0, 0.1) is 0 Å². The number of pyridine rings is 1. The topological polar surface area (TPSA) is 68.0 Å². The molecular weight excluding hydrogens is 335 g/mol. The molecule has 0 spiro atoms. The molecule has 0 fully saturated rings. The number of benzene rings is 1. The van der Waals surface area contributed by atoms with Crippen LogP contribution in [0.5, 0.6) is 0 Å². The van der Waals surface area contributed by atoms with Crippen LogP contribution in [0.2, 0.25) is 0 Å². The van der Waals surface area contributed by atoms with Gasteiger partial charge in [-0.3, -0.25) is 4.98 Å². The highest BCUT2D eigenvalue weighted by Gasteiger charge is 2.30. The van der Waals surface area contributed by atoms with E-state index in [1.165, 1.54) is 30.7 Å². The van der Waals surface area contributed by atoms with Crippen LogP contribution >= 0.6 is 0 Å². The molecule has 1 aromatic carbocycles. The Morgan fingerprint density at radius 2 is 1.92 bits per heavy atom. The monoisotopic (exact) mass is 347 g/mol. The molecule has 5 nitrogen and oxygen atoms in total. The fourth-order valence-electron chi connectivity index (χ4n) is 2.34. The summed E-state index contributed by atoms with van der Waals surface area (Å²) >= 11 is 0. The van der Waals surface area contributed by atoms with Gasteiger partial charge in [0.25, 0.3) is 0 Å². The molecule has 0 aliphatic heterocycles. The molecular formula is C17H12F3N3O2. The van der Waals surface area contributed by atoms with Crippen molar-refractivity contribution in [3.8, 4) is 11.4 Å². The van der Waals surface area contributed by atoms with Crippen LogP contribution in [0.3, 0.4) is 0 Å². The van der Waals surface area contributed by atoms with Gasteiger partial charge in [-0.25, -0.2) is 9.78 Å². The molecule has 2 heterocycles. The smallest absolute Gasteiger partial charge is 0.416 e. The zero-order valence-electron chi connectivity index (χ0n) is 12.7. The highest BCUT2D eigenvalue weighted by Crippen LogP contribution is 2.29. The van der Waals surface area contributed by atoms with E-state index < -0.39 is 17.7 Å². The van der Waals surface area contributed by atoms with Gasteiger partial charge in [0, 0.05) is 18.9 Å². The van der Waals surface area contributed by atoms with E-state index in [9.17, 15) is 18.0 Å². The Balaban J connectivity index is 1.83. The van der Waals surface area contributed by atoms with Gasteiger partial charge in [-0.2, -0.15) is 13.2 Å². The SMILES string of the molecule is O=C(O)c1ccnc(-c2cn(Cc3cccc(C(F)(F)F)c3)cn2)c1. The molecule has 0 atom stereocenters. The number of aromatic carboxylic acids is 1. The second-order valence-corrected chi connectivity index (χ2v) is 5.36. The van der Waals surface area contributed by atoms with Crippen LogP contribution in [0.1, 0.15) is 21.5 Å². The van der Waals surface area contributed by atoms with E-state index in [1.807, 2.05) is 0 Å². The molecule has 0 radical (unpaired) electrons. The third-order valence-corrected chi connectivity index (χ3v) is 3.52. The molecule has 0 unspecified atom stereocenters. The van der Waals surface area contributed by atoms with Gasteiger partial charge in [0.15, 0.2) is 0 Å². The summed E-state index contributed by atoms with van der Waals surface area (Å²) in [5, 5.41) is 9.00. The van der Waals surface area contributed by atoms with Crippen LogP contribution in [-0.2, 0) is 12.7 Å². The first-order chi connectivity index (χ1) is 11.8. The number of hydrogen-bond donors (Lipinski definition) is 1. The molecule has 0 amide bonds. The number of nitrogens with zero attached hydrogens (tertiary/aromatic N) is 3. The van der Waals surface area contributed by atoms with Crippen LogP contribution in [0.4, 0.5) is 13.2 Å². The molecule has 2 aromatic heterocycles. The second kappa shape index (κ2) is 6.39. The molecule has 128 valence electrons. The Bertz CT molecular complexity index is 919.